The van der Waals surface area contributed by atoms with Crippen LogP contribution in [-0.4, -0.2) is 47.5 Å². The van der Waals surface area contributed by atoms with Crippen molar-refractivity contribution in [3.05, 3.63) is 53.8 Å². The van der Waals surface area contributed by atoms with Crippen molar-refractivity contribution in [3.8, 4) is 17.2 Å². The number of carbonyl (C=O) groups is 2. The molecular weight excluding hydrogens is 445 g/mol. The lowest BCUT2D eigenvalue weighted by Crippen LogP contribution is -2.21. The van der Waals surface area contributed by atoms with Crippen LogP contribution in [-0.2, 0) is 16.1 Å². The molecule has 0 bridgehead atoms. The number of hydrogen-bond acceptors (Lipinski definition) is 6. The number of rotatable bonds is 10. The fourth-order valence-electron chi connectivity index (χ4n) is 3.34. The fourth-order valence-corrected chi connectivity index (χ4v) is 3.34. The lowest BCUT2D eigenvalue weighted by Gasteiger charge is -2.15. The molecule has 1 saturated carbocycles. The largest absolute Gasteiger partial charge is 0.490 e. The van der Waals surface area contributed by atoms with Gasteiger partial charge < -0.3 is 29.7 Å². The van der Waals surface area contributed by atoms with Crippen LogP contribution >= 0.6 is 0 Å². The van der Waals surface area contributed by atoms with Crippen LogP contribution in [0.1, 0.15) is 45.1 Å². The van der Waals surface area contributed by atoms with Crippen molar-refractivity contribution in [1.82, 2.24) is 5.32 Å². The van der Waals surface area contributed by atoms with Gasteiger partial charge in [-0.05, 0) is 69.4 Å². The van der Waals surface area contributed by atoms with E-state index in [9.17, 15) is 4.39 Å². The summed E-state index contributed by atoms with van der Waals surface area (Å²) in [5, 5.41) is 18.2. The van der Waals surface area contributed by atoms with Crippen LogP contribution in [0, 0.1) is 5.82 Å². The SMILES string of the molecule is CC(C)Oc1cc(F)ccc1OCCNCc1cccc(OC2CCCC2)c1.O=C(O)C(=O)O. The molecule has 34 heavy (non-hydrogen) atoms. The van der Waals surface area contributed by atoms with Gasteiger partial charge in [0.2, 0.25) is 0 Å². The molecule has 1 aliphatic rings. The predicted octanol–water partition coefficient (Wildman–Crippen LogP) is 4.26. The molecule has 9 heteroatoms. The molecule has 0 amide bonds. The minimum atomic E-state index is -1.82. The summed E-state index contributed by atoms with van der Waals surface area (Å²) in [6, 6.07) is 12.6. The van der Waals surface area contributed by atoms with E-state index in [1.54, 1.807) is 6.07 Å². The van der Waals surface area contributed by atoms with Gasteiger partial charge in [-0.15, -0.1) is 0 Å². The number of ether oxygens (including phenoxy) is 3. The van der Waals surface area contributed by atoms with E-state index in [0.717, 1.165) is 25.1 Å². The number of nitrogens with one attached hydrogen (secondary N) is 1. The minimum absolute atomic E-state index is 0.0407. The van der Waals surface area contributed by atoms with E-state index in [1.165, 1.54) is 30.5 Å². The predicted molar refractivity (Wildman–Crippen MR) is 124 cm³/mol. The van der Waals surface area contributed by atoms with E-state index in [-0.39, 0.29) is 11.9 Å². The Kier molecular flexibility index (Phi) is 11.1. The average molecular weight is 478 g/mol. The van der Waals surface area contributed by atoms with E-state index in [2.05, 4.69) is 17.4 Å². The van der Waals surface area contributed by atoms with Gasteiger partial charge in [-0.1, -0.05) is 12.1 Å². The quantitative estimate of drug-likeness (QED) is 0.344. The van der Waals surface area contributed by atoms with Crippen molar-refractivity contribution >= 4 is 11.9 Å². The molecule has 8 nitrogen and oxygen atoms in total. The second kappa shape index (κ2) is 14.0. The maximum atomic E-state index is 13.4. The van der Waals surface area contributed by atoms with Gasteiger partial charge in [-0.2, -0.15) is 0 Å². The zero-order valence-electron chi connectivity index (χ0n) is 19.5. The molecule has 2 aromatic carbocycles. The highest BCUT2D eigenvalue weighted by molar-refractivity contribution is 6.27. The first kappa shape index (κ1) is 26.9. The van der Waals surface area contributed by atoms with Gasteiger partial charge >= 0.3 is 11.9 Å². The molecule has 0 atom stereocenters. The highest BCUT2D eigenvalue weighted by Crippen LogP contribution is 2.29. The zero-order chi connectivity index (χ0) is 24.9. The molecule has 2 aromatic rings. The molecule has 0 aromatic heterocycles. The van der Waals surface area contributed by atoms with Crippen LogP contribution in [0.25, 0.3) is 0 Å². The molecule has 186 valence electrons. The van der Waals surface area contributed by atoms with Crippen LogP contribution in [0.5, 0.6) is 17.2 Å². The van der Waals surface area contributed by atoms with Crippen LogP contribution in [0.4, 0.5) is 4.39 Å². The molecule has 3 rings (SSSR count). The molecule has 0 spiro atoms. The molecule has 1 fully saturated rings. The van der Waals surface area contributed by atoms with Crippen molar-refractivity contribution < 1.29 is 38.4 Å². The number of aliphatic carboxylic acids is 2. The smallest absolute Gasteiger partial charge is 0.414 e. The third-order valence-corrected chi connectivity index (χ3v) is 4.82. The summed E-state index contributed by atoms with van der Waals surface area (Å²) in [5.74, 6) is -2.04. The molecule has 3 N–H and O–H groups in total. The monoisotopic (exact) mass is 477 g/mol. The Hall–Kier alpha value is -3.33. The maximum absolute atomic E-state index is 13.4. The summed E-state index contributed by atoms with van der Waals surface area (Å²) in [7, 11) is 0. The summed E-state index contributed by atoms with van der Waals surface area (Å²) in [6.45, 7) is 5.69. The third-order valence-electron chi connectivity index (χ3n) is 4.82. The first-order valence-electron chi connectivity index (χ1n) is 11.3. The number of halogens is 1. The van der Waals surface area contributed by atoms with E-state index >= 15 is 0 Å². The van der Waals surface area contributed by atoms with Crippen molar-refractivity contribution in [2.24, 2.45) is 0 Å². The van der Waals surface area contributed by atoms with E-state index in [4.69, 9.17) is 34.0 Å². The zero-order valence-corrected chi connectivity index (χ0v) is 19.5. The second-order valence-corrected chi connectivity index (χ2v) is 8.06. The molecular formula is C25H32FNO7. The molecule has 0 aliphatic heterocycles. The second-order valence-electron chi connectivity index (χ2n) is 8.06. The van der Waals surface area contributed by atoms with Crippen molar-refractivity contribution in [2.45, 2.75) is 58.3 Å². The molecule has 1 aliphatic carbocycles. The summed E-state index contributed by atoms with van der Waals surface area (Å²) in [6.07, 6.45) is 5.18. The maximum Gasteiger partial charge on any atom is 0.414 e. The van der Waals surface area contributed by atoms with Gasteiger partial charge in [0.15, 0.2) is 11.5 Å². The third kappa shape index (κ3) is 10.1. The lowest BCUT2D eigenvalue weighted by atomic mass is 10.2. The van der Waals surface area contributed by atoms with E-state index < -0.39 is 11.9 Å². The number of carboxylic acids is 2. The first-order valence-corrected chi connectivity index (χ1v) is 11.3. The summed E-state index contributed by atoms with van der Waals surface area (Å²) >= 11 is 0. The molecule has 0 radical (unpaired) electrons. The Morgan fingerprint density at radius 2 is 1.76 bits per heavy atom. The minimum Gasteiger partial charge on any atom is -0.490 e. The number of carboxylic acid groups (broad SMARTS) is 2. The Bertz CT molecular complexity index is 917. The molecule has 0 heterocycles. The summed E-state index contributed by atoms with van der Waals surface area (Å²) in [4.78, 5) is 18.2. The van der Waals surface area contributed by atoms with Crippen molar-refractivity contribution in [2.75, 3.05) is 13.2 Å². The summed E-state index contributed by atoms with van der Waals surface area (Å²) < 4.78 is 30.9. The average Bonchev–Trinajstić information content (AvgIpc) is 3.28. The highest BCUT2D eigenvalue weighted by atomic mass is 19.1. The first-order chi connectivity index (χ1) is 16.2. The van der Waals surface area contributed by atoms with Gasteiger partial charge in [0, 0.05) is 19.2 Å². The van der Waals surface area contributed by atoms with Crippen molar-refractivity contribution in [1.29, 1.82) is 0 Å². The van der Waals surface area contributed by atoms with Gasteiger partial charge in [-0.3, -0.25) is 0 Å². The normalized spacial score (nSPS) is 13.2. The molecule has 0 saturated heterocycles. The van der Waals surface area contributed by atoms with Crippen molar-refractivity contribution in [3.63, 3.8) is 0 Å². The van der Waals surface area contributed by atoms with Gasteiger partial charge in [0.05, 0.1) is 12.2 Å². The van der Waals surface area contributed by atoms with Crippen LogP contribution < -0.4 is 19.5 Å². The Morgan fingerprint density at radius 1 is 1.06 bits per heavy atom. The van der Waals surface area contributed by atoms with Gasteiger partial charge in [-0.25, -0.2) is 14.0 Å². The fraction of sp³-hybridized carbons (Fsp3) is 0.440. The molecule has 0 unspecified atom stereocenters. The van der Waals surface area contributed by atoms with Crippen LogP contribution in [0.15, 0.2) is 42.5 Å². The Balaban J connectivity index is 0.000000604. The lowest BCUT2D eigenvalue weighted by molar-refractivity contribution is -0.159. The van der Waals surface area contributed by atoms with E-state index in [0.29, 0.717) is 30.8 Å². The van der Waals surface area contributed by atoms with Gasteiger partial charge in [0.1, 0.15) is 18.2 Å². The van der Waals surface area contributed by atoms with Crippen LogP contribution in [0.3, 0.4) is 0 Å². The topological polar surface area (TPSA) is 114 Å². The Labute approximate surface area is 198 Å². The van der Waals surface area contributed by atoms with E-state index in [1.807, 2.05) is 26.0 Å². The van der Waals surface area contributed by atoms with Crippen LogP contribution in [0.2, 0.25) is 0 Å². The Morgan fingerprint density at radius 3 is 2.41 bits per heavy atom. The highest BCUT2D eigenvalue weighted by Gasteiger charge is 2.16. The summed E-state index contributed by atoms with van der Waals surface area (Å²) in [5.41, 5.74) is 1.18. The standard InChI is InChI=1S/C23H30FNO3.C2H2O4/c1-17(2)27-23-15-19(24)10-11-22(23)26-13-12-25-16-18-6-5-9-21(14-18)28-20-7-3-4-8-20;3-1(4)2(5)6/h5-6,9-11,14-15,17,20,25H,3-4,7-8,12-13,16H2,1-2H3;(H,3,4)(H,5,6). The number of benzene rings is 2. The number of hydrogen-bond donors (Lipinski definition) is 3. The van der Waals surface area contributed by atoms with Gasteiger partial charge in [0.25, 0.3) is 0 Å².